The Labute approximate surface area is 63.2 Å². The second-order valence-corrected chi connectivity index (χ2v) is 2.89. The van der Waals surface area contributed by atoms with Crippen molar-refractivity contribution in [2.75, 3.05) is 13.6 Å². The van der Waals surface area contributed by atoms with Gasteiger partial charge in [0.15, 0.2) is 0 Å². The number of hydrogen-bond donors (Lipinski definition) is 1. The second kappa shape index (κ2) is 2.41. The lowest BCUT2D eigenvalue weighted by Gasteiger charge is -2.13. The molecule has 1 amide bonds. The predicted octanol–water partition coefficient (Wildman–Crippen LogP) is -0.189. The highest BCUT2D eigenvalue weighted by Gasteiger charge is 2.45. The summed E-state index contributed by atoms with van der Waals surface area (Å²) in [5.74, 6) is -3.43. The van der Waals surface area contributed by atoms with Crippen molar-refractivity contribution in [1.29, 1.82) is 0 Å². The van der Waals surface area contributed by atoms with Crippen LogP contribution in [0.25, 0.3) is 0 Å². The predicted molar refractivity (Wildman–Crippen MR) is 35.2 cm³/mol. The van der Waals surface area contributed by atoms with Gasteiger partial charge in [-0.05, 0) is 7.05 Å². The van der Waals surface area contributed by atoms with Crippen LogP contribution in [-0.2, 0) is 4.79 Å². The van der Waals surface area contributed by atoms with E-state index in [0.29, 0.717) is 0 Å². The number of likely N-dealkylation sites (tertiary alicyclic amines) is 1. The van der Waals surface area contributed by atoms with Gasteiger partial charge in [-0.25, -0.2) is 8.78 Å². The third kappa shape index (κ3) is 1.65. The Morgan fingerprint density at radius 1 is 1.73 bits per heavy atom. The van der Waals surface area contributed by atoms with Gasteiger partial charge in [-0.15, -0.1) is 0 Å². The smallest absolute Gasteiger partial charge is 0.262 e. The Morgan fingerprint density at radius 2 is 2.27 bits per heavy atom. The number of alkyl halides is 2. The van der Waals surface area contributed by atoms with E-state index in [1.165, 1.54) is 11.9 Å². The Kier molecular flexibility index (Phi) is 1.83. The monoisotopic (exact) mass is 164 g/mol. The number of nitrogens with two attached hydrogens (primary N) is 1. The highest BCUT2D eigenvalue weighted by atomic mass is 19.3. The number of primary amides is 1. The van der Waals surface area contributed by atoms with Crippen LogP contribution in [0.5, 0.6) is 0 Å². The molecule has 2 N–H and O–H groups in total. The summed E-state index contributed by atoms with van der Waals surface area (Å²) >= 11 is 0. The van der Waals surface area contributed by atoms with Gasteiger partial charge < -0.3 is 5.73 Å². The minimum Gasteiger partial charge on any atom is -0.368 e. The van der Waals surface area contributed by atoms with Gasteiger partial charge in [0.2, 0.25) is 5.91 Å². The van der Waals surface area contributed by atoms with E-state index >= 15 is 0 Å². The van der Waals surface area contributed by atoms with Crippen LogP contribution in [0.2, 0.25) is 0 Å². The lowest BCUT2D eigenvalue weighted by atomic mass is 10.2. The van der Waals surface area contributed by atoms with Gasteiger partial charge in [0.05, 0.1) is 12.6 Å². The fourth-order valence-electron chi connectivity index (χ4n) is 1.30. The number of likely N-dealkylation sites (N-methyl/N-ethyl adjacent to an activating group) is 1. The van der Waals surface area contributed by atoms with Gasteiger partial charge in [-0.3, -0.25) is 9.69 Å². The minimum absolute atomic E-state index is 0.374. The SMILES string of the molecule is CN1CC(F)(F)C[C@@H]1C(N)=O. The molecular weight excluding hydrogens is 154 g/mol. The fourth-order valence-corrected chi connectivity index (χ4v) is 1.30. The van der Waals surface area contributed by atoms with Crippen molar-refractivity contribution in [3.8, 4) is 0 Å². The summed E-state index contributed by atoms with van der Waals surface area (Å²) in [6.07, 6.45) is -0.446. The van der Waals surface area contributed by atoms with Crippen molar-refractivity contribution >= 4 is 5.91 Å². The largest absolute Gasteiger partial charge is 0.368 e. The second-order valence-electron chi connectivity index (χ2n) is 2.89. The van der Waals surface area contributed by atoms with Crippen LogP contribution in [-0.4, -0.2) is 36.4 Å². The van der Waals surface area contributed by atoms with E-state index in [2.05, 4.69) is 0 Å². The van der Waals surface area contributed by atoms with E-state index in [9.17, 15) is 13.6 Å². The first-order valence-corrected chi connectivity index (χ1v) is 3.30. The number of carbonyl (C=O) groups is 1. The third-order valence-electron chi connectivity index (χ3n) is 1.83. The fraction of sp³-hybridized carbons (Fsp3) is 0.833. The molecule has 0 unspecified atom stereocenters. The number of amides is 1. The molecule has 1 aliphatic rings. The van der Waals surface area contributed by atoms with Crippen LogP contribution < -0.4 is 5.73 Å². The van der Waals surface area contributed by atoms with E-state index in [4.69, 9.17) is 5.73 Å². The van der Waals surface area contributed by atoms with Crippen molar-refractivity contribution in [3.05, 3.63) is 0 Å². The Bertz CT molecular complexity index is 183. The first kappa shape index (κ1) is 8.39. The molecule has 64 valence electrons. The van der Waals surface area contributed by atoms with Crippen LogP contribution in [0.15, 0.2) is 0 Å². The highest BCUT2D eigenvalue weighted by molar-refractivity contribution is 5.80. The standard InChI is InChI=1S/C6H10F2N2O/c1-10-3-6(7,8)2-4(10)5(9)11/h4H,2-3H2,1H3,(H2,9,11)/t4-/m1/s1. The maximum Gasteiger partial charge on any atom is 0.262 e. The molecule has 0 saturated carbocycles. The average molecular weight is 164 g/mol. The number of nitrogens with zero attached hydrogens (tertiary/aromatic N) is 1. The summed E-state index contributed by atoms with van der Waals surface area (Å²) in [7, 11) is 1.47. The molecule has 1 heterocycles. The van der Waals surface area contributed by atoms with Gasteiger partial charge >= 0.3 is 0 Å². The summed E-state index contributed by atoms with van der Waals surface area (Å²) in [5.41, 5.74) is 4.90. The summed E-state index contributed by atoms with van der Waals surface area (Å²) < 4.78 is 25.1. The first-order chi connectivity index (χ1) is 4.92. The van der Waals surface area contributed by atoms with E-state index in [-0.39, 0.29) is 6.54 Å². The molecule has 0 aromatic rings. The lowest BCUT2D eigenvalue weighted by molar-refractivity contribution is -0.122. The van der Waals surface area contributed by atoms with Crippen molar-refractivity contribution < 1.29 is 13.6 Å². The van der Waals surface area contributed by atoms with Crippen LogP contribution in [0.3, 0.4) is 0 Å². The Morgan fingerprint density at radius 3 is 2.45 bits per heavy atom. The van der Waals surface area contributed by atoms with Gasteiger partial charge in [0.25, 0.3) is 5.92 Å². The van der Waals surface area contributed by atoms with Gasteiger partial charge in [-0.1, -0.05) is 0 Å². The van der Waals surface area contributed by atoms with Crippen molar-refractivity contribution in [2.45, 2.75) is 18.4 Å². The van der Waals surface area contributed by atoms with Crippen molar-refractivity contribution in [2.24, 2.45) is 5.73 Å². The molecule has 5 heteroatoms. The molecule has 3 nitrogen and oxygen atoms in total. The topological polar surface area (TPSA) is 46.3 Å². The molecule has 0 aromatic heterocycles. The summed E-state index contributed by atoms with van der Waals surface area (Å²) in [5, 5.41) is 0. The van der Waals surface area contributed by atoms with Crippen molar-refractivity contribution in [1.82, 2.24) is 4.90 Å². The van der Waals surface area contributed by atoms with E-state index < -0.39 is 24.3 Å². The third-order valence-corrected chi connectivity index (χ3v) is 1.83. The number of hydrogen-bond acceptors (Lipinski definition) is 2. The number of rotatable bonds is 1. The number of halogens is 2. The molecule has 1 saturated heterocycles. The summed E-state index contributed by atoms with van der Waals surface area (Å²) in [6.45, 7) is -0.374. The molecule has 1 rings (SSSR count). The van der Waals surface area contributed by atoms with E-state index in [1.54, 1.807) is 0 Å². The molecule has 11 heavy (non-hydrogen) atoms. The van der Waals surface area contributed by atoms with Crippen molar-refractivity contribution in [3.63, 3.8) is 0 Å². The highest BCUT2D eigenvalue weighted by Crippen LogP contribution is 2.30. The zero-order valence-electron chi connectivity index (χ0n) is 6.18. The number of carbonyl (C=O) groups excluding carboxylic acids is 1. The molecule has 1 atom stereocenters. The summed E-state index contributed by atoms with van der Waals surface area (Å²) in [6, 6.07) is -0.801. The Balaban J connectivity index is 2.66. The molecule has 0 spiro atoms. The molecular formula is C6H10F2N2O. The minimum atomic E-state index is -2.76. The normalized spacial score (nSPS) is 30.6. The molecule has 0 bridgehead atoms. The maximum atomic E-state index is 12.6. The lowest BCUT2D eigenvalue weighted by Crippen LogP contribution is -2.37. The van der Waals surface area contributed by atoms with Crippen LogP contribution >= 0.6 is 0 Å². The molecule has 0 aliphatic carbocycles. The van der Waals surface area contributed by atoms with E-state index in [0.717, 1.165) is 0 Å². The summed E-state index contributed by atoms with van der Waals surface area (Å²) in [4.78, 5) is 11.8. The molecule has 1 fully saturated rings. The van der Waals surface area contributed by atoms with Gasteiger partial charge in [0.1, 0.15) is 0 Å². The quantitative estimate of drug-likeness (QED) is 0.584. The zero-order chi connectivity index (χ0) is 8.65. The molecule has 0 aromatic carbocycles. The van der Waals surface area contributed by atoms with Crippen LogP contribution in [0.1, 0.15) is 6.42 Å². The maximum absolute atomic E-state index is 12.6. The van der Waals surface area contributed by atoms with Crippen LogP contribution in [0, 0.1) is 0 Å². The van der Waals surface area contributed by atoms with E-state index in [1.807, 2.05) is 0 Å². The Hall–Kier alpha value is -0.710. The molecule has 0 radical (unpaired) electrons. The zero-order valence-corrected chi connectivity index (χ0v) is 6.18. The first-order valence-electron chi connectivity index (χ1n) is 3.30. The van der Waals surface area contributed by atoms with Gasteiger partial charge in [0, 0.05) is 6.42 Å². The molecule has 1 aliphatic heterocycles. The average Bonchev–Trinajstić information content (AvgIpc) is 2.05. The van der Waals surface area contributed by atoms with Gasteiger partial charge in [-0.2, -0.15) is 0 Å². The van der Waals surface area contributed by atoms with Crippen LogP contribution in [0.4, 0.5) is 8.78 Å².